The minimum absolute atomic E-state index is 0.166. The Morgan fingerprint density at radius 2 is 1.82 bits per heavy atom. The molecule has 1 aromatic carbocycles. The van der Waals surface area contributed by atoms with Crippen LogP contribution in [0.1, 0.15) is 43.2 Å². The number of hydrogen-bond donors (Lipinski definition) is 1. The van der Waals surface area contributed by atoms with Crippen molar-refractivity contribution >= 4 is 11.0 Å². The second-order valence-corrected chi connectivity index (χ2v) is 6.22. The van der Waals surface area contributed by atoms with E-state index >= 15 is 0 Å². The molecule has 0 amide bonds. The molecule has 1 saturated heterocycles. The predicted molar refractivity (Wildman–Crippen MR) is 87.2 cm³/mol. The van der Waals surface area contributed by atoms with Crippen molar-refractivity contribution in [2.75, 3.05) is 13.1 Å². The molecule has 0 radical (unpaired) electrons. The van der Waals surface area contributed by atoms with E-state index in [1.54, 1.807) is 19.1 Å². The van der Waals surface area contributed by atoms with Crippen molar-refractivity contribution in [3.8, 4) is 5.75 Å². The van der Waals surface area contributed by atoms with Crippen LogP contribution in [0.3, 0.4) is 0 Å². The highest BCUT2D eigenvalue weighted by molar-refractivity contribution is 5.84. The minimum atomic E-state index is -0.344. The molecule has 0 atom stereocenters. The molecule has 0 aliphatic carbocycles. The lowest BCUT2D eigenvalue weighted by molar-refractivity contribution is 0.240. The number of phenols is 1. The molecule has 22 heavy (non-hydrogen) atoms. The van der Waals surface area contributed by atoms with Crippen LogP contribution in [-0.2, 0) is 6.54 Å². The molecular weight excluding hydrogens is 278 g/mol. The Morgan fingerprint density at radius 3 is 2.55 bits per heavy atom. The summed E-state index contributed by atoms with van der Waals surface area (Å²) in [4.78, 5) is 14.3. The smallest absolute Gasteiger partial charge is 0.336 e. The van der Waals surface area contributed by atoms with Gasteiger partial charge in [-0.3, -0.25) is 4.90 Å². The van der Waals surface area contributed by atoms with E-state index in [0.29, 0.717) is 11.1 Å². The number of phenolic OH excluding ortho intramolecular Hbond substituents is 1. The summed E-state index contributed by atoms with van der Waals surface area (Å²) in [5, 5.41) is 10.7. The first-order valence-electron chi connectivity index (χ1n) is 8.13. The maximum absolute atomic E-state index is 11.9. The van der Waals surface area contributed by atoms with Gasteiger partial charge in [-0.2, -0.15) is 0 Å². The van der Waals surface area contributed by atoms with Crippen molar-refractivity contribution in [2.24, 2.45) is 0 Å². The standard InChI is InChI=1S/C18H23NO3/c1-13-16(20)8-7-15-14(11-17(21)22-18(13)15)12-19-9-5-3-2-4-6-10-19/h7-8,11,20H,2-6,9-10,12H2,1H3. The van der Waals surface area contributed by atoms with Gasteiger partial charge in [-0.15, -0.1) is 0 Å². The fourth-order valence-electron chi connectivity index (χ4n) is 3.26. The lowest BCUT2D eigenvalue weighted by atomic mass is 10.0. The van der Waals surface area contributed by atoms with Crippen LogP contribution in [0.2, 0.25) is 0 Å². The Balaban J connectivity index is 1.95. The quantitative estimate of drug-likeness (QED) is 0.862. The van der Waals surface area contributed by atoms with E-state index in [9.17, 15) is 9.90 Å². The number of rotatable bonds is 2. The van der Waals surface area contributed by atoms with Crippen molar-refractivity contribution < 1.29 is 9.52 Å². The number of nitrogens with zero attached hydrogens (tertiary/aromatic N) is 1. The number of hydrogen-bond acceptors (Lipinski definition) is 4. The highest BCUT2D eigenvalue weighted by atomic mass is 16.4. The van der Waals surface area contributed by atoms with Crippen molar-refractivity contribution in [1.29, 1.82) is 0 Å². The summed E-state index contributed by atoms with van der Waals surface area (Å²) in [6, 6.07) is 5.12. The summed E-state index contributed by atoms with van der Waals surface area (Å²) in [7, 11) is 0. The topological polar surface area (TPSA) is 53.7 Å². The molecule has 2 heterocycles. The van der Waals surface area contributed by atoms with Gasteiger partial charge in [-0.25, -0.2) is 4.79 Å². The molecule has 4 heteroatoms. The van der Waals surface area contributed by atoms with Crippen molar-refractivity contribution in [3.63, 3.8) is 0 Å². The van der Waals surface area contributed by atoms with E-state index in [1.807, 2.05) is 6.07 Å². The van der Waals surface area contributed by atoms with E-state index in [0.717, 1.165) is 30.6 Å². The van der Waals surface area contributed by atoms with Gasteiger partial charge in [0.05, 0.1) is 0 Å². The maximum atomic E-state index is 11.9. The largest absolute Gasteiger partial charge is 0.508 e. The molecule has 1 aromatic heterocycles. The fraction of sp³-hybridized carbons (Fsp3) is 0.500. The minimum Gasteiger partial charge on any atom is -0.508 e. The van der Waals surface area contributed by atoms with Crippen LogP contribution in [0.4, 0.5) is 0 Å². The first-order valence-corrected chi connectivity index (χ1v) is 8.13. The van der Waals surface area contributed by atoms with Crippen molar-refractivity contribution in [3.05, 3.63) is 39.7 Å². The molecule has 0 bridgehead atoms. The SMILES string of the molecule is Cc1c(O)ccc2c(CN3CCCCCCC3)cc(=O)oc12. The predicted octanol–water partition coefficient (Wildman–Crippen LogP) is 3.57. The lowest BCUT2D eigenvalue weighted by Crippen LogP contribution is -2.27. The second-order valence-electron chi connectivity index (χ2n) is 6.22. The maximum Gasteiger partial charge on any atom is 0.336 e. The Hall–Kier alpha value is -1.81. The van der Waals surface area contributed by atoms with Gasteiger partial charge in [-0.05, 0) is 50.6 Å². The highest BCUT2D eigenvalue weighted by Gasteiger charge is 2.14. The zero-order chi connectivity index (χ0) is 15.5. The number of likely N-dealkylation sites (tertiary alicyclic amines) is 1. The average molecular weight is 301 g/mol. The average Bonchev–Trinajstić information content (AvgIpc) is 2.46. The summed E-state index contributed by atoms with van der Waals surface area (Å²) in [5.74, 6) is 0.166. The number of fused-ring (bicyclic) bond motifs is 1. The normalized spacial score (nSPS) is 17.3. The number of aromatic hydroxyl groups is 1. The van der Waals surface area contributed by atoms with Crippen LogP contribution in [-0.4, -0.2) is 23.1 Å². The fourth-order valence-corrected chi connectivity index (χ4v) is 3.26. The van der Waals surface area contributed by atoms with Gasteiger partial charge in [0.1, 0.15) is 11.3 Å². The molecule has 1 aliphatic rings. The molecule has 2 aromatic rings. The first kappa shape index (κ1) is 15.1. The summed E-state index contributed by atoms with van der Waals surface area (Å²) < 4.78 is 5.31. The van der Waals surface area contributed by atoms with Crippen LogP contribution >= 0.6 is 0 Å². The summed E-state index contributed by atoms with van der Waals surface area (Å²) in [6.07, 6.45) is 6.37. The van der Waals surface area contributed by atoms with Gasteiger partial charge in [0.2, 0.25) is 0 Å². The molecule has 0 saturated carbocycles. The zero-order valence-corrected chi connectivity index (χ0v) is 13.1. The first-order chi connectivity index (χ1) is 10.6. The molecule has 3 rings (SSSR count). The third-order valence-electron chi connectivity index (χ3n) is 4.56. The Kier molecular flexibility index (Phi) is 4.48. The monoisotopic (exact) mass is 301 g/mol. The van der Waals surface area contributed by atoms with Crippen LogP contribution in [0, 0.1) is 6.92 Å². The molecular formula is C18H23NO3. The zero-order valence-electron chi connectivity index (χ0n) is 13.1. The summed E-state index contributed by atoms with van der Waals surface area (Å²) in [6.45, 7) is 4.71. The van der Waals surface area contributed by atoms with Gasteiger partial charge in [-0.1, -0.05) is 19.3 Å². The number of benzene rings is 1. The molecule has 4 nitrogen and oxygen atoms in total. The van der Waals surface area contributed by atoms with E-state index in [1.165, 1.54) is 32.1 Å². The molecule has 1 fully saturated rings. The van der Waals surface area contributed by atoms with Crippen LogP contribution in [0.5, 0.6) is 5.75 Å². The van der Waals surface area contributed by atoms with Gasteiger partial charge < -0.3 is 9.52 Å². The molecule has 1 aliphatic heterocycles. The third-order valence-corrected chi connectivity index (χ3v) is 4.56. The molecule has 118 valence electrons. The van der Waals surface area contributed by atoms with Crippen LogP contribution in [0.15, 0.2) is 27.4 Å². The Labute approximate surface area is 130 Å². The van der Waals surface area contributed by atoms with Gasteiger partial charge in [0.25, 0.3) is 0 Å². The van der Waals surface area contributed by atoms with E-state index in [2.05, 4.69) is 4.90 Å². The molecule has 1 N–H and O–H groups in total. The molecule has 0 spiro atoms. The second kappa shape index (κ2) is 6.53. The van der Waals surface area contributed by atoms with Gasteiger partial charge in [0, 0.05) is 23.6 Å². The van der Waals surface area contributed by atoms with Gasteiger partial charge in [0.15, 0.2) is 0 Å². The van der Waals surface area contributed by atoms with E-state index < -0.39 is 0 Å². The molecule has 0 unspecified atom stereocenters. The van der Waals surface area contributed by atoms with Gasteiger partial charge >= 0.3 is 5.63 Å². The number of aryl methyl sites for hydroxylation is 1. The highest BCUT2D eigenvalue weighted by Crippen LogP contribution is 2.28. The summed E-state index contributed by atoms with van der Waals surface area (Å²) >= 11 is 0. The van der Waals surface area contributed by atoms with Crippen LogP contribution in [0.25, 0.3) is 11.0 Å². The Morgan fingerprint density at radius 1 is 1.14 bits per heavy atom. The summed E-state index contributed by atoms with van der Waals surface area (Å²) in [5.41, 5.74) is 1.79. The lowest BCUT2D eigenvalue weighted by Gasteiger charge is -2.24. The van der Waals surface area contributed by atoms with Crippen LogP contribution < -0.4 is 5.63 Å². The van der Waals surface area contributed by atoms with Crippen molar-refractivity contribution in [1.82, 2.24) is 4.90 Å². The van der Waals surface area contributed by atoms with E-state index in [4.69, 9.17) is 4.42 Å². The van der Waals surface area contributed by atoms with Crippen molar-refractivity contribution in [2.45, 2.75) is 45.6 Å². The van der Waals surface area contributed by atoms with E-state index in [-0.39, 0.29) is 11.4 Å². The third kappa shape index (κ3) is 3.17. The Bertz CT molecular complexity index is 712.